The lowest BCUT2D eigenvalue weighted by atomic mass is 10.0. The van der Waals surface area contributed by atoms with Gasteiger partial charge < -0.3 is 14.2 Å². The summed E-state index contributed by atoms with van der Waals surface area (Å²) in [6.45, 7) is 0.708. The molecule has 1 saturated heterocycles. The summed E-state index contributed by atoms with van der Waals surface area (Å²) in [4.78, 5) is 36.1. The second-order valence-electron chi connectivity index (χ2n) is 7.79. The van der Waals surface area contributed by atoms with Gasteiger partial charge >= 0.3 is 12.1 Å². The van der Waals surface area contributed by atoms with Gasteiger partial charge in [0.2, 0.25) is 5.91 Å². The van der Waals surface area contributed by atoms with Gasteiger partial charge in [0.1, 0.15) is 19.3 Å². The predicted molar refractivity (Wildman–Crippen MR) is 108 cm³/mol. The molecule has 2 fully saturated rings. The summed E-state index contributed by atoms with van der Waals surface area (Å²) in [6.07, 6.45) is 5.19. The van der Waals surface area contributed by atoms with Crippen LogP contribution >= 0.6 is 0 Å². The van der Waals surface area contributed by atoms with Gasteiger partial charge in [0.25, 0.3) is 0 Å². The first-order valence-corrected chi connectivity index (χ1v) is 10.6. The third kappa shape index (κ3) is 7.33. The predicted octanol–water partition coefficient (Wildman–Crippen LogP) is 2.96. The van der Waals surface area contributed by atoms with Crippen molar-refractivity contribution in [2.24, 2.45) is 5.92 Å². The molecular weight excluding hydrogens is 388 g/mol. The van der Waals surface area contributed by atoms with E-state index in [-0.39, 0.29) is 50.8 Å². The van der Waals surface area contributed by atoms with Gasteiger partial charge in [-0.15, -0.1) is 0 Å². The number of carbonyl (C=O) groups is 3. The van der Waals surface area contributed by atoms with E-state index in [4.69, 9.17) is 14.2 Å². The Balaban J connectivity index is 1.46. The minimum absolute atomic E-state index is 0.120. The van der Waals surface area contributed by atoms with Crippen LogP contribution in [0.4, 0.5) is 4.79 Å². The Morgan fingerprint density at radius 2 is 1.93 bits per heavy atom. The smallest absolute Gasteiger partial charge is 0.426 e. The first-order valence-electron chi connectivity index (χ1n) is 10.6. The number of hydrazine groups is 1. The lowest BCUT2D eigenvalue weighted by Gasteiger charge is -2.24. The molecule has 1 atom stereocenters. The summed E-state index contributed by atoms with van der Waals surface area (Å²) in [5.41, 5.74) is 3.40. The molecule has 164 valence electrons. The molecule has 1 aliphatic carbocycles. The molecule has 2 aliphatic rings. The number of nitrogens with one attached hydrogen (secondary N) is 1. The molecule has 0 aromatic heterocycles. The first kappa shape index (κ1) is 22.1. The van der Waals surface area contributed by atoms with Crippen molar-refractivity contribution in [1.29, 1.82) is 0 Å². The Hall–Kier alpha value is -2.61. The number of ether oxygens (including phenoxy) is 3. The molecule has 1 heterocycles. The van der Waals surface area contributed by atoms with Crippen molar-refractivity contribution in [3.63, 3.8) is 0 Å². The van der Waals surface area contributed by atoms with Gasteiger partial charge in [0.05, 0.1) is 19.6 Å². The van der Waals surface area contributed by atoms with E-state index in [1.165, 1.54) is 30.7 Å². The highest BCUT2D eigenvalue weighted by Gasteiger charge is 2.25. The third-order valence-corrected chi connectivity index (χ3v) is 5.47. The van der Waals surface area contributed by atoms with Crippen molar-refractivity contribution in [2.75, 3.05) is 19.8 Å². The zero-order valence-electron chi connectivity index (χ0n) is 17.2. The van der Waals surface area contributed by atoms with Crippen LogP contribution in [0.5, 0.6) is 0 Å². The fourth-order valence-electron chi connectivity index (χ4n) is 3.78. The van der Waals surface area contributed by atoms with Crippen molar-refractivity contribution in [3.8, 4) is 0 Å². The molecule has 30 heavy (non-hydrogen) atoms. The molecule has 0 bridgehead atoms. The largest absolute Gasteiger partial charge is 0.463 e. The van der Waals surface area contributed by atoms with Gasteiger partial charge in [0, 0.05) is 6.42 Å². The third-order valence-electron chi connectivity index (χ3n) is 5.47. The van der Waals surface area contributed by atoms with E-state index in [0.29, 0.717) is 12.3 Å². The zero-order chi connectivity index (χ0) is 21.2. The van der Waals surface area contributed by atoms with Crippen LogP contribution in [0.3, 0.4) is 0 Å². The maximum atomic E-state index is 12.7. The van der Waals surface area contributed by atoms with Crippen molar-refractivity contribution < 1.29 is 28.6 Å². The average molecular weight is 418 g/mol. The number of rotatable bonds is 9. The highest BCUT2D eigenvalue weighted by Crippen LogP contribution is 2.28. The molecule has 1 saturated carbocycles. The van der Waals surface area contributed by atoms with Gasteiger partial charge in [-0.05, 0) is 17.9 Å². The summed E-state index contributed by atoms with van der Waals surface area (Å²) in [5, 5.41) is 1.26. The van der Waals surface area contributed by atoms with E-state index in [1.54, 1.807) is 0 Å². The number of benzene rings is 1. The van der Waals surface area contributed by atoms with Crippen molar-refractivity contribution in [1.82, 2.24) is 10.4 Å². The monoisotopic (exact) mass is 418 g/mol. The lowest BCUT2D eigenvalue weighted by molar-refractivity contribution is -0.138. The fourth-order valence-corrected chi connectivity index (χ4v) is 3.78. The highest BCUT2D eigenvalue weighted by molar-refractivity contribution is 5.79. The maximum absolute atomic E-state index is 12.7. The normalized spacial score (nSPS) is 18.8. The summed E-state index contributed by atoms with van der Waals surface area (Å²) >= 11 is 0. The number of esters is 1. The van der Waals surface area contributed by atoms with Crippen LogP contribution in [0.1, 0.15) is 50.5 Å². The zero-order valence-corrected chi connectivity index (χ0v) is 17.2. The van der Waals surface area contributed by atoms with Gasteiger partial charge in [-0.3, -0.25) is 9.59 Å². The van der Waals surface area contributed by atoms with Crippen LogP contribution in [-0.4, -0.2) is 48.8 Å². The van der Waals surface area contributed by atoms with Crippen molar-refractivity contribution >= 4 is 18.0 Å². The topological polar surface area (TPSA) is 94.2 Å². The molecule has 1 N–H and O–H groups in total. The Labute approximate surface area is 176 Å². The van der Waals surface area contributed by atoms with Crippen LogP contribution < -0.4 is 5.43 Å². The summed E-state index contributed by atoms with van der Waals surface area (Å²) < 4.78 is 15.7. The average Bonchev–Trinajstić information content (AvgIpc) is 3.42. The molecule has 8 heteroatoms. The second kappa shape index (κ2) is 11.5. The maximum Gasteiger partial charge on any atom is 0.426 e. The Kier molecular flexibility index (Phi) is 8.50. The van der Waals surface area contributed by atoms with E-state index >= 15 is 0 Å². The minimum atomic E-state index is -0.688. The van der Waals surface area contributed by atoms with E-state index in [9.17, 15) is 14.4 Å². The van der Waals surface area contributed by atoms with Crippen LogP contribution in [0.15, 0.2) is 30.3 Å². The van der Waals surface area contributed by atoms with Crippen LogP contribution in [0, 0.1) is 5.92 Å². The molecule has 3 rings (SSSR count). The lowest BCUT2D eigenvalue weighted by Crippen LogP contribution is -2.48. The van der Waals surface area contributed by atoms with E-state index in [1.807, 2.05) is 30.3 Å². The number of nitrogens with zero attached hydrogens (tertiary/aromatic N) is 1. The minimum Gasteiger partial charge on any atom is -0.463 e. The summed E-state index contributed by atoms with van der Waals surface area (Å²) in [7, 11) is 0. The van der Waals surface area contributed by atoms with Crippen molar-refractivity contribution in [3.05, 3.63) is 35.9 Å². The van der Waals surface area contributed by atoms with Crippen LogP contribution in [-0.2, 0) is 30.4 Å². The molecule has 1 aromatic rings. The SMILES string of the molecule is O=C1C[C@H](OCCN(NC(=O)OCc2ccccc2)C(=O)CCC2CCCC2)CO1. The van der Waals surface area contributed by atoms with E-state index < -0.39 is 6.09 Å². The number of cyclic esters (lactones) is 1. The number of carbonyl (C=O) groups excluding carboxylic acids is 3. The van der Waals surface area contributed by atoms with Crippen LogP contribution in [0.2, 0.25) is 0 Å². The number of amides is 2. The molecule has 0 radical (unpaired) electrons. The number of hydrogen-bond donors (Lipinski definition) is 1. The van der Waals surface area contributed by atoms with Gasteiger partial charge in [0.15, 0.2) is 0 Å². The van der Waals surface area contributed by atoms with Gasteiger partial charge in [-0.1, -0.05) is 56.0 Å². The highest BCUT2D eigenvalue weighted by atomic mass is 16.6. The van der Waals surface area contributed by atoms with Gasteiger partial charge in [-0.25, -0.2) is 15.2 Å². The number of hydrogen-bond acceptors (Lipinski definition) is 6. The Morgan fingerprint density at radius 3 is 2.63 bits per heavy atom. The molecule has 1 aromatic carbocycles. The molecule has 1 aliphatic heterocycles. The quantitative estimate of drug-likeness (QED) is 0.489. The van der Waals surface area contributed by atoms with Gasteiger partial charge in [-0.2, -0.15) is 0 Å². The summed E-state index contributed by atoms with van der Waals surface area (Å²) in [6, 6.07) is 9.33. The Bertz CT molecular complexity index is 705. The molecular formula is C22H30N2O6. The second-order valence-corrected chi connectivity index (χ2v) is 7.79. The first-order chi connectivity index (χ1) is 14.6. The summed E-state index contributed by atoms with van der Waals surface area (Å²) in [5.74, 6) is 0.131. The van der Waals surface area contributed by atoms with Crippen LogP contribution in [0.25, 0.3) is 0 Å². The molecule has 8 nitrogen and oxygen atoms in total. The van der Waals surface area contributed by atoms with Crippen molar-refractivity contribution in [2.45, 2.75) is 57.7 Å². The van der Waals surface area contributed by atoms with E-state index in [0.717, 1.165) is 12.0 Å². The fraction of sp³-hybridized carbons (Fsp3) is 0.591. The van der Waals surface area contributed by atoms with E-state index in [2.05, 4.69) is 5.43 Å². The standard InChI is InChI=1S/C22H30N2O6/c25-20(11-10-17-6-4-5-7-17)24(12-13-28-19-14-21(26)29-16-19)23-22(27)30-15-18-8-2-1-3-9-18/h1-3,8-9,17,19H,4-7,10-16H2,(H,23,27)/t19-/m0/s1. The molecule has 2 amide bonds. The Morgan fingerprint density at radius 1 is 1.17 bits per heavy atom. The molecule has 0 spiro atoms. The molecule has 0 unspecified atom stereocenters.